The molecule has 1 saturated carbocycles. The number of amides is 1. The van der Waals surface area contributed by atoms with Crippen molar-refractivity contribution in [3.63, 3.8) is 0 Å². The predicted octanol–water partition coefficient (Wildman–Crippen LogP) is 1.92. The normalized spacial score (nSPS) is 26.4. The number of rotatable bonds is 3. The number of aliphatic hydroxyl groups excluding tert-OH is 1. The number of aliphatic hydroxyl groups is 1. The van der Waals surface area contributed by atoms with Crippen molar-refractivity contribution in [1.82, 2.24) is 9.80 Å². The Balaban J connectivity index is 1.57. The van der Waals surface area contributed by atoms with Crippen molar-refractivity contribution < 1.29 is 9.90 Å². The zero-order valence-electron chi connectivity index (χ0n) is 13.4. The van der Waals surface area contributed by atoms with Gasteiger partial charge < -0.3 is 10.0 Å². The van der Waals surface area contributed by atoms with Crippen molar-refractivity contribution >= 4 is 5.91 Å². The zero-order chi connectivity index (χ0) is 15.5. The fourth-order valence-corrected chi connectivity index (χ4v) is 3.67. The largest absolute Gasteiger partial charge is 0.391 e. The molecule has 0 aromatic heterocycles. The van der Waals surface area contributed by atoms with Crippen molar-refractivity contribution in [2.45, 2.75) is 44.8 Å². The van der Waals surface area contributed by atoms with Gasteiger partial charge in [-0.1, -0.05) is 19.1 Å². The number of carbonyl (C=O) groups is 1. The molecule has 2 aliphatic rings. The Morgan fingerprint density at radius 2 is 1.82 bits per heavy atom. The van der Waals surface area contributed by atoms with Gasteiger partial charge in [0.1, 0.15) is 0 Å². The second kappa shape index (κ2) is 6.80. The van der Waals surface area contributed by atoms with Gasteiger partial charge in [-0.2, -0.15) is 0 Å². The quantitative estimate of drug-likeness (QED) is 0.928. The van der Waals surface area contributed by atoms with E-state index in [0.29, 0.717) is 6.04 Å². The molecule has 0 unspecified atom stereocenters. The number of benzene rings is 1. The third kappa shape index (κ3) is 3.18. The van der Waals surface area contributed by atoms with Crippen LogP contribution in [0.15, 0.2) is 24.3 Å². The minimum absolute atomic E-state index is 0.134. The highest BCUT2D eigenvalue weighted by molar-refractivity contribution is 5.94. The van der Waals surface area contributed by atoms with Crippen LogP contribution in [0.2, 0.25) is 0 Å². The fraction of sp³-hybridized carbons (Fsp3) is 0.611. The van der Waals surface area contributed by atoms with Crippen LogP contribution in [-0.2, 0) is 6.42 Å². The molecule has 1 aliphatic carbocycles. The number of hydrogen-bond acceptors (Lipinski definition) is 3. The maximum absolute atomic E-state index is 12.5. The van der Waals surface area contributed by atoms with Crippen molar-refractivity contribution in [2.24, 2.45) is 0 Å². The van der Waals surface area contributed by atoms with Crippen LogP contribution in [0.4, 0.5) is 0 Å². The Labute approximate surface area is 132 Å². The molecule has 1 amide bonds. The topological polar surface area (TPSA) is 43.8 Å². The van der Waals surface area contributed by atoms with Gasteiger partial charge in [-0.15, -0.1) is 0 Å². The maximum atomic E-state index is 12.5. The van der Waals surface area contributed by atoms with E-state index in [1.54, 1.807) is 0 Å². The van der Waals surface area contributed by atoms with Gasteiger partial charge in [-0.3, -0.25) is 9.69 Å². The second-order valence-electron chi connectivity index (χ2n) is 6.44. The average molecular weight is 302 g/mol. The van der Waals surface area contributed by atoms with E-state index in [0.717, 1.165) is 57.4 Å². The molecular formula is C18H26N2O2. The number of aryl methyl sites for hydroxylation is 1. The molecule has 0 bridgehead atoms. The molecule has 120 valence electrons. The van der Waals surface area contributed by atoms with E-state index >= 15 is 0 Å². The van der Waals surface area contributed by atoms with Crippen LogP contribution in [0.3, 0.4) is 0 Å². The van der Waals surface area contributed by atoms with Crippen LogP contribution in [0, 0.1) is 0 Å². The summed E-state index contributed by atoms with van der Waals surface area (Å²) >= 11 is 0. The van der Waals surface area contributed by atoms with Crippen LogP contribution in [0.25, 0.3) is 0 Å². The van der Waals surface area contributed by atoms with Crippen molar-refractivity contribution in [2.75, 3.05) is 26.2 Å². The van der Waals surface area contributed by atoms with E-state index in [-0.39, 0.29) is 12.0 Å². The molecule has 1 N–H and O–H groups in total. The first-order valence-electron chi connectivity index (χ1n) is 8.49. The molecule has 1 aliphatic heterocycles. The molecule has 22 heavy (non-hydrogen) atoms. The van der Waals surface area contributed by atoms with Gasteiger partial charge in [0.2, 0.25) is 0 Å². The first-order chi connectivity index (χ1) is 10.7. The summed E-state index contributed by atoms with van der Waals surface area (Å²) in [6.07, 6.45) is 3.95. The van der Waals surface area contributed by atoms with Crippen LogP contribution in [0.1, 0.15) is 42.1 Å². The summed E-state index contributed by atoms with van der Waals surface area (Å²) in [7, 11) is 0. The monoisotopic (exact) mass is 302 g/mol. The van der Waals surface area contributed by atoms with E-state index in [1.807, 2.05) is 29.2 Å². The molecule has 1 heterocycles. The Kier molecular flexibility index (Phi) is 4.79. The Bertz CT molecular complexity index is 506. The van der Waals surface area contributed by atoms with Gasteiger partial charge in [0.25, 0.3) is 5.91 Å². The second-order valence-corrected chi connectivity index (χ2v) is 6.44. The van der Waals surface area contributed by atoms with Gasteiger partial charge in [-0.05, 0) is 43.4 Å². The summed E-state index contributed by atoms with van der Waals surface area (Å²) < 4.78 is 0. The van der Waals surface area contributed by atoms with Gasteiger partial charge in [0.15, 0.2) is 0 Å². The zero-order valence-corrected chi connectivity index (χ0v) is 13.4. The molecule has 2 fully saturated rings. The van der Waals surface area contributed by atoms with Crippen LogP contribution < -0.4 is 0 Å². The Morgan fingerprint density at radius 1 is 1.14 bits per heavy atom. The third-order valence-electron chi connectivity index (χ3n) is 5.12. The molecule has 4 nitrogen and oxygen atoms in total. The summed E-state index contributed by atoms with van der Waals surface area (Å²) in [6, 6.07) is 8.26. The van der Waals surface area contributed by atoms with Crippen molar-refractivity contribution in [1.29, 1.82) is 0 Å². The molecule has 0 spiro atoms. The molecule has 1 aromatic rings. The lowest BCUT2D eigenvalue weighted by Gasteiger charge is -2.39. The minimum atomic E-state index is -0.177. The lowest BCUT2D eigenvalue weighted by Crippen LogP contribution is -2.53. The molecule has 4 heteroatoms. The van der Waals surface area contributed by atoms with Gasteiger partial charge >= 0.3 is 0 Å². The summed E-state index contributed by atoms with van der Waals surface area (Å²) in [5.74, 6) is 0.134. The molecular weight excluding hydrogens is 276 g/mol. The van der Waals surface area contributed by atoms with E-state index in [4.69, 9.17) is 0 Å². The third-order valence-corrected chi connectivity index (χ3v) is 5.12. The van der Waals surface area contributed by atoms with E-state index in [1.165, 1.54) is 5.56 Å². The summed E-state index contributed by atoms with van der Waals surface area (Å²) in [5, 5.41) is 10.0. The molecule has 1 saturated heterocycles. The highest BCUT2D eigenvalue weighted by Gasteiger charge is 2.33. The standard InChI is InChI=1S/C18H26N2O2/c1-2-14-6-8-15(9-7-14)18(22)20-12-10-19(11-13-20)16-4-3-5-17(16)21/h6-9,16-17,21H,2-5,10-13H2,1H3/t16-,17-/m1/s1. The predicted molar refractivity (Wildman–Crippen MR) is 86.9 cm³/mol. The molecule has 3 rings (SSSR count). The first-order valence-corrected chi connectivity index (χ1v) is 8.49. The van der Waals surface area contributed by atoms with Gasteiger partial charge in [0.05, 0.1) is 6.10 Å². The average Bonchev–Trinajstić information content (AvgIpc) is 3.00. The Hall–Kier alpha value is -1.39. The lowest BCUT2D eigenvalue weighted by molar-refractivity contribution is 0.0315. The summed E-state index contributed by atoms with van der Waals surface area (Å²) in [6.45, 7) is 5.39. The molecule has 2 atom stereocenters. The highest BCUT2D eigenvalue weighted by atomic mass is 16.3. The summed E-state index contributed by atoms with van der Waals surface area (Å²) in [5.41, 5.74) is 2.04. The smallest absolute Gasteiger partial charge is 0.253 e. The number of piperazine rings is 1. The number of carbonyl (C=O) groups excluding carboxylic acids is 1. The van der Waals surface area contributed by atoms with E-state index in [2.05, 4.69) is 11.8 Å². The maximum Gasteiger partial charge on any atom is 0.253 e. The highest BCUT2D eigenvalue weighted by Crippen LogP contribution is 2.25. The van der Waals surface area contributed by atoms with Gasteiger partial charge in [-0.25, -0.2) is 0 Å². The van der Waals surface area contributed by atoms with Crippen molar-refractivity contribution in [3.8, 4) is 0 Å². The number of nitrogens with zero attached hydrogens (tertiary/aromatic N) is 2. The van der Waals surface area contributed by atoms with E-state index < -0.39 is 0 Å². The molecule has 1 aromatic carbocycles. The van der Waals surface area contributed by atoms with Gasteiger partial charge in [0, 0.05) is 37.8 Å². The Morgan fingerprint density at radius 3 is 2.36 bits per heavy atom. The van der Waals surface area contributed by atoms with Crippen LogP contribution in [0.5, 0.6) is 0 Å². The van der Waals surface area contributed by atoms with Crippen molar-refractivity contribution in [3.05, 3.63) is 35.4 Å². The lowest BCUT2D eigenvalue weighted by atomic mass is 10.1. The number of hydrogen-bond donors (Lipinski definition) is 1. The van der Waals surface area contributed by atoms with E-state index in [9.17, 15) is 9.90 Å². The minimum Gasteiger partial charge on any atom is -0.391 e. The molecule has 0 radical (unpaired) electrons. The van der Waals surface area contributed by atoms with Crippen LogP contribution >= 0.6 is 0 Å². The summed E-state index contributed by atoms with van der Waals surface area (Å²) in [4.78, 5) is 16.9. The fourth-order valence-electron chi connectivity index (χ4n) is 3.67. The van der Waals surface area contributed by atoms with Crippen LogP contribution in [-0.4, -0.2) is 59.1 Å². The first kappa shape index (κ1) is 15.5. The SMILES string of the molecule is CCc1ccc(C(=O)N2CCN([C@@H]3CCC[C@H]3O)CC2)cc1.